The van der Waals surface area contributed by atoms with Crippen molar-refractivity contribution in [3.05, 3.63) is 52.0 Å². The monoisotopic (exact) mass is 446 g/mol. The molecule has 0 radical (unpaired) electrons. The molecular weight excluding hydrogens is 423 g/mol. The Morgan fingerprint density at radius 2 is 1.84 bits per heavy atom. The number of nitrogens with zero attached hydrogens (tertiary/aromatic N) is 1. The van der Waals surface area contributed by atoms with Crippen molar-refractivity contribution < 1.29 is 39.2 Å². The molecular formula is C22H23FN2O7. The maximum absolute atomic E-state index is 14.6. The number of carbonyl (C=O) groups is 3. The normalized spacial score (nSPS) is 34.4. The van der Waals surface area contributed by atoms with Crippen LogP contribution in [-0.4, -0.2) is 74.6 Å². The van der Waals surface area contributed by atoms with Crippen LogP contribution in [0.3, 0.4) is 0 Å². The first kappa shape index (κ1) is 22.1. The van der Waals surface area contributed by atoms with E-state index in [4.69, 9.17) is 5.73 Å². The summed E-state index contributed by atoms with van der Waals surface area (Å²) in [5, 5.41) is 44.4. The third kappa shape index (κ3) is 2.51. The highest BCUT2D eigenvalue weighted by Crippen LogP contribution is 2.55. The van der Waals surface area contributed by atoms with Crippen molar-refractivity contribution in [2.45, 2.75) is 30.6 Å². The maximum atomic E-state index is 14.6. The number of aliphatic hydroxyl groups is 4. The number of hydrogen-bond donors (Lipinski definition) is 5. The molecule has 0 spiro atoms. The SMILES string of the molecule is C[C@H]1c2cccc(F)c2C(O)=C2C(=O)[C@]3(O)C(O)=C(C(N)=O)C(=O)[C@@H](N(C)C)[C@@H]3[C@@H](O)[C@@H]21. The molecule has 0 unspecified atom stereocenters. The van der Waals surface area contributed by atoms with E-state index in [1.165, 1.54) is 25.1 Å². The predicted octanol–water partition coefficient (Wildman–Crippen LogP) is -0.0707. The zero-order valence-corrected chi connectivity index (χ0v) is 17.5. The van der Waals surface area contributed by atoms with Crippen molar-refractivity contribution in [1.29, 1.82) is 0 Å². The molecule has 1 saturated carbocycles. The number of benzene rings is 1. The van der Waals surface area contributed by atoms with Gasteiger partial charge in [-0.1, -0.05) is 19.1 Å². The molecule has 0 saturated heterocycles. The van der Waals surface area contributed by atoms with Crippen molar-refractivity contribution in [2.24, 2.45) is 17.6 Å². The smallest absolute Gasteiger partial charge is 0.255 e. The molecule has 1 fully saturated rings. The maximum Gasteiger partial charge on any atom is 0.255 e. The lowest BCUT2D eigenvalue weighted by atomic mass is 9.54. The zero-order chi connectivity index (χ0) is 23.9. The van der Waals surface area contributed by atoms with E-state index < -0.39 is 81.5 Å². The number of primary amides is 1. The van der Waals surface area contributed by atoms with Crippen LogP contribution < -0.4 is 5.73 Å². The molecule has 0 bridgehead atoms. The van der Waals surface area contributed by atoms with Gasteiger partial charge >= 0.3 is 0 Å². The van der Waals surface area contributed by atoms with E-state index in [9.17, 15) is 39.2 Å². The number of aliphatic hydroxyl groups excluding tert-OH is 3. The second-order valence-electron chi connectivity index (χ2n) is 8.75. The summed E-state index contributed by atoms with van der Waals surface area (Å²) in [5.41, 5.74) is 0.959. The van der Waals surface area contributed by atoms with Crippen molar-refractivity contribution in [1.82, 2.24) is 4.90 Å². The number of carbonyl (C=O) groups excluding carboxylic acids is 3. The zero-order valence-electron chi connectivity index (χ0n) is 17.5. The molecule has 32 heavy (non-hydrogen) atoms. The highest BCUT2D eigenvalue weighted by Gasteiger charge is 2.68. The molecule has 1 amide bonds. The van der Waals surface area contributed by atoms with E-state index in [1.807, 2.05) is 0 Å². The summed E-state index contributed by atoms with van der Waals surface area (Å²) in [4.78, 5) is 39.9. The Morgan fingerprint density at radius 1 is 1.22 bits per heavy atom. The Morgan fingerprint density at radius 3 is 2.41 bits per heavy atom. The first-order valence-electron chi connectivity index (χ1n) is 9.98. The Bertz CT molecular complexity index is 1140. The number of hydrogen-bond acceptors (Lipinski definition) is 8. The van der Waals surface area contributed by atoms with Gasteiger partial charge in [0.15, 0.2) is 11.4 Å². The average Bonchev–Trinajstić information content (AvgIpc) is 2.70. The molecule has 3 aliphatic carbocycles. The van der Waals surface area contributed by atoms with Crippen LogP contribution in [0.1, 0.15) is 24.0 Å². The van der Waals surface area contributed by atoms with Gasteiger partial charge in [-0.3, -0.25) is 19.3 Å². The van der Waals surface area contributed by atoms with Crippen LogP contribution >= 0.6 is 0 Å². The Labute approximate surface area is 182 Å². The fraction of sp³-hybridized carbons (Fsp3) is 0.409. The number of nitrogens with two attached hydrogens (primary N) is 1. The molecule has 6 N–H and O–H groups in total. The van der Waals surface area contributed by atoms with E-state index in [1.54, 1.807) is 13.0 Å². The molecule has 10 heteroatoms. The van der Waals surface area contributed by atoms with Gasteiger partial charge in [0.1, 0.15) is 22.9 Å². The third-order valence-electron chi connectivity index (χ3n) is 6.97. The second kappa shape index (κ2) is 6.96. The molecule has 170 valence electrons. The summed E-state index contributed by atoms with van der Waals surface area (Å²) >= 11 is 0. The van der Waals surface area contributed by atoms with E-state index in [2.05, 4.69) is 0 Å². The highest BCUT2D eigenvalue weighted by atomic mass is 19.1. The summed E-state index contributed by atoms with van der Waals surface area (Å²) in [6.45, 7) is 1.62. The number of rotatable bonds is 2. The van der Waals surface area contributed by atoms with Crippen LogP contribution in [0.4, 0.5) is 4.39 Å². The van der Waals surface area contributed by atoms with Crippen LogP contribution in [0.15, 0.2) is 35.1 Å². The predicted molar refractivity (Wildman–Crippen MR) is 109 cm³/mol. The van der Waals surface area contributed by atoms with Crippen LogP contribution in [0.5, 0.6) is 0 Å². The summed E-state index contributed by atoms with van der Waals surface area (Å²) in [6, 6.07) is 2.68. The minimum Gasteiger partial charge on any atom is -0.508 e. The van der Waals surface area contributed by atoms with Gasteiger partial charge in [0.05, 0.1) is 23.6 Å². The lowest BCUT2D eigenvalue weighted by Crippen LogP contribution is -2.70. The summed E-state index contributed by atoms with van der Waals surface area (Å²) in [6.07, 6.45) is -1.63. The quantitative estimate of drug-likeness (QED) is 0.395. The minimum absolute atomic E-state index is 0.247. The van der Waals surface area contributed by atoms with Gasteiger partial charge in [-0.05, 0) is 31.6 Å². The van der Waals surface area contributed by atoms with Crippen molar-refractivity contribution in [2.75, 3.05) is 14.1 Å². The van der Waals surface area contributed by atoms with Crippen LogP contribution in [0.25, 0.3) is 5.76 Å². The highest BCUT2D eigenvalue weighted by molar-refractivity contribution is 6.24. The van der Waals surface area contributed by atoms with Gasteiger partial charge in [-0.15, -0.1) is 0 Å². The van der Waals surface area contributed by atoms with Crippen LogP contribution in [0, 0.1) is 17.7 Å². The van der Waals surface area contributed by atoms with Gasteiger partial charge in [-0.25, -0.2) is 4.39 Å². The average molecular weight is 446 g/mol. The number of fused-ring (bicyclic) bond motifs is 3. The van der Waals surface area contributed by atoms with Gasteiger partial charge in [0.2, 0.25) is 5.78 Å². The van der Waals surface area contributed by atoms with E-state index in [0.29, 0.717) is 5.56 Å². The summed E-state index contributed by atoms with van der Waals surface area (Å²) in [5.74, 6) is -9.79. The van der Waals surface area contributed by atoms with E-state index in [-0.39, 0.29) is 5.56 Å². The third-order valence-corrected chi connectivity index (χ3v) is 6.97. The van der Waals surface area contributed by atoms with Crippen molar-refractivity contribution >= 4 is 23.2 Å². The number of halogens is 1. The van der Waals surface area contributed by atoms with E-state index in [0.717, 1.165) is 6.07 Å². The lowest BCUT2D eigenvalue weighted by molar-refractivity contribution is -0.169. The van der Waals surface area contributed by atoms with E-state index >= 15 is 0 Å². The van der Waals surface area contributed by atoms with Gasteiger partial charge < -0.3 is 26.2 Å². The number of likely N-dealkylation sites (N-methyl/N-ethyl adjacent to an activating group) is 1. The van der Waals surface area contributed by atoms with Gasteiger partial charge in [0, 0.05) is 11.5 Å². The van der Waals surface area contributed by atoms with Crippen molar-refractivity contribution in [3.8, 4) is 0 Å². The van der Waals surface area contributed by atoms with Crippen LogP contribution in [0.2, 0.25) is 0 Å². The Hall–Kier alpha value is -3.08. The summed E-state index contributed by atoms with van der Waals surface area (Å²) in [7, 11) is 2.89. The number of Topliss-reactive ketones (excluding diaryl/α,β-unsaturated/α-hetero) is 2. The van der Waals surface area contributed by atoms with Gasteiger partial charge in [-0.2, -0.15) is 0 Å². The largest absolute Gasteiger partial charge is 0.508 e. The second-order valence-corrected chi connectivity index (χ2v) is 8.75. The fourth-order valence-corrected chi connectivity index (χ4v) is 5.55. The van der Waals surface area contributed by atoms with Crippen molar-refractivity contribution in [3.63, 3.8) is 0 Å². The topological polar surface area (TPSA) is 161 Å². The first-order valence-corrected chi connectivity index (χ1v) is 9.98. The minimum atomic E-state index is -2.94. The van der Waals surface area contributed by atoms with Gasteiger partial charge in [0.25, 0.3) is 5.91 Å². The molecule has 0 aromatic heterocycles. The standard InChI is InChI=1S/C22H23FN2O7/c1-7-8-5-4-6-9(23)11(8)16(26)12-10(7)17(27)14-15(25(2)3)18(28)13(21(24)31)20(30)22(14,32)19(12)29/h4-7,10,14-15,17,26-27,30,32H,1-3H3,(H2,24,31)/t7-,10+,14+,15-,17-,22-/m0/s1. The fourth-order valence-electron chi connectivity index (χ4n) is 5.55. The molecule has 1 aromatic rings. The number of amides is 1. The summed E-state index contributed by atoms with van der Waals surface area (Å²) < 4.78 is 14.6. The molecule has 1 aromatic carbocycles. The number of ketones is 2. The molecule has 4 rings (SSSR count). The molecule has 0 aliphatic heterocycles. The molecule has 6 atom stereocenters. The molecule has 9 nitrogen and oxygen atoms in total. The first-order chi connectivity index (χ1) is 14.9. The Kier molecular flexibility index (Phi) is 4.81. The molecule has 0 heterocycles. The lowest BCUT2D eigenvalue weighted by Gasteiger charge is -2.53. The van der Waals surface area contributed by atoms with Crippen LogP contribution in [-0.2, 0) is 14.4 Å². The Balaban J connectivity index is 2.07. The molecule has 3 aliphatic rings.